The maximum absolute atomic E-state index is 11.9. The molecule has 5 nitrogen and oxygen atoms in total. The Morgan fingerprint density at radius 3 is 2.68 bits per heavy atom. The highest BCUT2D eigenvalue weighted by molar-refractivity contribution is 7.14. The highest BCUT2D eigenvalue weighted by Crippen LogP contribution is 2.33. The van der Waals surface area contributed by atoms with Gasteiger partial charge in [0.05, 0.1) is 19.9 Å². The minimum absolute atomic E-state index is 0.00397. The molecule has 1 heterocycles. The molecular formula is C16H20N2O3S. The van der Waals surface area contributed by atoms with E-state index in [1.165, 1.54) is 11.3 Å². The minimum Gasteiger partial charge on any atom is -0.493 e. The van der Waals surface area contributed by atoms with Crippen molar-refractivity contribution in [1.29, 1.82) is 0 Å². The van der Waals surface area contributed by atoms with Gasteiger partial charge in [0.25, 0.3) is 0 Å². The lowest BCUT2D eigenvalue weighted by Crippen LogP contribution is -2.19. The third-order valence-electron chi connectivity index (χ3n) is 3.47. The zero-order chi connectivity index (χ0) is 16.1. The number of thiazole rings is 1. The lowest BCUT2D eigenvalue weighted by atomic mass is 10.1. The number of ether oxygens (including phenoxy) is 2. The number of hydrogen-bond donors (Lipinski definition) is 1. The number of methoxy groups -OCH3 is 2. The molecule has 22 heavy (non-hydrogen) atoms. The molecule has 2 aromatic rings. The lowest BCUT2D eigenvalue weighted by molar-refractivity contribution is -0.119. The molecule has 0 spiro atoms. The van der Waals surface area contributed by atoms with Crippen molar-refractivity contribution in [3.63, 3.8) is 0 Å². The van der Waals surface area contributed by atoms with Crippen molar-refractivity contribution >= 4 is 22.4 Å². The molecular weight excluding hydrogens is 300 g/mol. The Labute approximate surface area is 134 Å². The first-order valence-electron chi connectivity index (χ1n) is 7.07. The SMILES string of the molecule is CCC(C)C(=O)Nc1nc(-c2ccc(OC)c(OC)c2)cs1. The van der Waals surface area contributed by atoms with Crippen LogP contribution in [0.1, 0.15) is 20.3 Å². The average molecular weight is 320 g/mol. The number of hydrogen-bond acceptors (Lipinski definition) is 5. The van der Waals surface area contributed by atoms with Crippen LogP contribution in [-0.4, -0.2) is 25.1 Å². The Balaban J connectivity index is 2.19. The Kier molecular flexibility index (Phi) is 5.38. The van der Waals surface area contributed by atoms with Gasteiger partial charge in [-0.3, -0.25) is 4.79 Å². The highest BCUT2D eigenvalue weighted by Gasteiger charge is 2.14. The standard InChI is InChI=1S/C16H20N2O3S/c1-5-10(2)15(19)18-16-17-12(9-22-16)11-6-7-13(20-3)14(8-11)21-4/h6-10H,5H2,1-4H3,(H,17,18,19). The van der Waals surface area contributed by atoms with Gasteiger partial charge < -0.3 is 14.8 Å². The topological polar surface area (TPSA) is 60.5 Å². The number of nitrogens with one attached hydrogen (secondary N) is 1. The van der Waals surface area contributed by atoms with Crippen molar-refractivity contribution in [2.24, 2.45) is 5.92 Å². The molecule has 1 aromatic heterocycles. The highest BCUT2D eigenvalue weighted by atomic mass is 32.1. The molecule has 1 N–H and O–H groups in total. The van der Waals surface area contributed by atoms with Crippen molar-refractivity contribution in [2.45, 2.75) is 20.3 Å². The number of benzene rings is 1. The summed E-state index contributed by atoms with van der Waals surface area (Å²) >= 11 is 1.41. The Bertz CT molecular complexity index is 655. The van der Waals surface area contributed by atoms with Crippen LogP contribution in [0.4, 0.5) is 5.13 Å². The van der Waals surface area contributed by atoms with Crippen LogP contribution >= 0.6 is 11.3 Å². The number of nitrogens with zero attached hydrogens (tertiary/aromatic N) is 1. The Morgan fingerprint density at radius 2 is 2.05 bits per heavy atom. The van der Waals surface area contributed by atoms with Crippen LogP contribution in [-0.2, 0) is 4.79 Å². The van der Waals surface area contributed by atoms with Gasteiger partial charge in [-0.25, -0.2) is 4.98 Å². The van der Waals surface area contributed by atoms with E-state index in [-0.39, 0.29) is 11.8 Å². The number of carbonyl (C=O) groups is 1. The van der Waals surface area contributed by atoms with Crippen molar-refractivity contribution in [3.8, 4) is 22.8 Å². The van der Waals surface area contributed by atoms with Gasteiger partial charge in [0.2, 0.25) is 5.91 Å². The third-order valence-corrected chi connectivity index (χ3v) is 4.23. The van der Waals surface area contributed by atoms with E-state index in [4.69, 9.17) is 9.47 Å². The van der Waals surface area contributed by atoms with Gasteiger partial charge in [0.1, 0.15) is 0 Å². The fourth-order valence-electron chi connectivity index (χ4n) is 1.87. The first-order chi connectivity index (χ1) is 10.6. The van der Waals surface area contributed by atoms with Gasteiger partial charge in [-0.1, -0.05) is 13.8 Å². The Morgan fingerprint density at radius 1 is 1.32 bits per heavy atom. The first kappa shape index (κ1) is 16.3. The van der Waals surface area contributed by atoms with Crippen LogP contribution in [0.25, 0.3) is 11.3 Å². The van der Waals surface area contributed by atoms with E-state index in [1.807, 2.05) is 37.4 Å². The summed E-state index contributed by atoms with van der Waals surface area (Å²) in [5.41, 5.74) is 1.71. The van der Waals surface area contributed by atoms with E-state index >= 15 is 0 Å². The Hall–Kier alpha value is -2.08. The number of carbonyl (C=O) groups excluding carboxylic acids is 1. The first-order valence-corrected chi connectivity index (χ1v) is 7.95. The quantitative estimate of drug-likeness (QED) is 0.879. The van der Waals surface area contributed by atoms with Crippen molar-refractivity contribution in [2.75, 3.05) is 19.5 Å². The fourth-order valence-corrected chi connectivity index (χ4v) is 2.60. The summed E-state index contributed by atoms with van der Waals surface area (Å²) in [4.78, 5) is 16.4. The third kappa shape index (κ3) is 3.57. The van der Waals surface area contributed by atoms with E-state index in [0.29, 0.717) is 16.6 Å². The maximum Gasteiger partial charge on any atom is 0.228 e. The van der Waals surface area contributed by atoms with Gasteiger partial charge in [0, 0.05) is 16.9 Å². The summed E-state index contributed by atoms with van der Waals surface area (Å²) in [6.07, 6.45) is 0.805. The van der Waals surface area contributed by atoms with Crippen LogP contribution in [0.3, 0.4) is 0 Å². The van der Waals surface area contributed by atoms with E-state index < -0.39 is 0 Å². The second-order valence-electron chi connectivity index (χ2n) is 4.91. The van der Waals surface area contributed by atoms with Crippen LogP contribution in [0.2, 0.25) is 0 Å². The number of amides is 1. The number of aromatic nitrogens is 1. The summed E-state index contributed by atoms with van der Waals surface area (Å²) in [5, 5.41) is 5.36. The minimum atomic E-state index is -0.0200. The van der Waals surface area contributed by atoms with Gasteiger partial charge >= 0.3 is 0 Å². The zero-order valence-corrected chi connectivity index (χ0v) is 14.0. The fraction of sp³-hybridized carbons (Fsp3) is 0.375. The number of rotatable bonds is 6. The second-order valence-corrected chi connectivity index (χ2v) is 5.76. The van der Waals surface area contributed by atoms with E-state index in [2.05, 4.69) is 10.3 Å². The number of anilines is 1. The molecule has 0 radical (unpaired) electrons. The molecule has 1 unspecified atom stereocenters. The average Bonchev–Trinajstić information content (AvgIpc) is 3.01. The predicted molar refractivity (Wildman–Crippen MR) is 88.7 cm³/mol. The molecule has 0 bridgehead atoms. The molecule has 118 valence electrons. The molecule has 1 amide bonds. The molecule has 0 saturated carbocycles. The lowest BCUT2D eigenvalue weighted by Gasteiger charge is -2.08. The van der Waals surface area contributed by atoms with Crippen molar-refractivity contribution < 1.29 is 14.3 Å². The molecule has 2 rings (SSSR count). The van der Waals surface area contributed by atoms with Gasteiger partial charge in [0.15, 0.2) is 16.6 Å². The molecule has 0 aliphatic rings. The maximum atomic E-state index is 11.9. The molecule has 1 aromatic carbocycles. The van der Waals surface area contributed by atoms with Gasteiger partial charge in [-0.2, -0.15) is 0 Å². The second kappa shape index (κ2) is 7.26. The molecule has 0 aliphatic carbocycles. The normalized spacial score (nSPS) is 11.8. The van der Waals surface area contributed by atoms with Gasteiger partial charge in [-0.15, -0.1) is 11.3 Å². The van der Waals surface area contributed by atoms with Crippen LogP contribution in [0, 0.1) is 5.92 Å². The van der Waals surface area contributed by atoms with Gasteiger partial charge in [-0.05, 0) is 24.6 Å². The summed E-state index contributed by atoms with van der Waals surface area (Å²) in [5.74, 6) is 1.30. The zero-order valence-electron chi connectivity index (χ0n) is 13.2. The molecule has 0 aliphatic heterocycles. The largest absolute Gasteiger partial charge is 0.493 e. The molecule has 6 heteroatoms. The van der Waals surface area contributed by atoms with Crippen LogP contribution < -0.4 is 14.8 Å². The van der Waals surface area contributed by atoms with Crippen LogP contribution in [0.15, 0.2) is 23.6 Å². The summed E-state index contributed by atoms with van der Waals surface area (Å²) in [6.45, 7) is 3.89. The van der Waals surface area contributed by atoms with E-state index in [9.17, 15) is 4.79 Å². The summed E-state index contributed by atoms with van der Waals surface area (Å²) in [6, 6.07) is 5.62. The summed E-state index contributed by atoms with van der Waals surface area (Å²) in [7, 11) is 3.20. The van der Waals surface area contributed by atoms with Crippen LogP contribution in [0.5, 0.6) is 11.5 Å². The van der Waals surface area contributed by atoms with Crippen molar-refractivity contribution in [1.82, 2.24) is 4.98 Å². The molecule has 0 fully saturated rings. The van der Waals surface area contributed by atoms with Crippen molar-refractivity contribution in [3.05, 3.63) is 23.6 Å². The monoisotopic (exact) mass is 320 g/mol. The van der Waals surface area contributed by atoms with E-state index in [1.54, 1.807) is 14.2 Å². The predicted octanol–water partition coefficient (Wildman–Crippen LogP) is 3.81. The molecule has 1 atom stereocenters. The van der Waals surface area contributed by atoms with E-state index in [0.717, 1.165) is 17.7 Å². The smallest absolute Gasteiger partial charge is 0.228 e. The molecule has 0 saturated heterocycles. The summed E-state index contributed by atoms with van der Waals surface area (Å²) < 4.78 is 10.5.